The van der Waals surface area contributed by atoms with Crippen molar-refractivity contribution in [2.45, 2.75) is 18.9 Å². The maximum Gasteiger partial charge on any atom is 0.220 e. The molecule has 1 N–H and O–H groups in total. The molecule has 150 valence electrons. The summed E-state index contributed by atoms with van der Waals surface area (Å²) in [5.74, 6) is 3.75. The van der Waals surface area contributed by atoms with Gasteiger partial charge in [-0.2, -0.15) is 0 Å². The minimum absolute atomic E-state index is 0.0464. The molecule has 0 saturated carbocycles. The van der Waals surface area contributed by atoms with Gasteiger partial charge in [0.05, 0.1) is 13.7 Å². The third-order valence-corrected chi connectivity index (χ3v) is 4.73. The number of benzene rings is 2. The molecular formula is C23H23NO5. The van der Waals surface area contributed by atoms with E-state index in [9.17, 15) is 4.79 Å². The van der Waals surface area contributed by atoms with Gasteiger partial charge in [0, 0.05) is 18.4 Å². The zero-order chi connectivity index (χ0) is 20.1. The fraction of sp³-hybridized carbons (Fsp3) is 0.261. The minimum Gasteiger partial charge on any atom is -0.497 e. The number of fused-ring (bicyclic) bond motifs is 1. The van der Waals surface area contributed by atoms with E-state index < -0.39 is 0 Å². The van der Waals surface area contributed by atoms with Gasteiger partial charge in [-0.15, -0.1) is 0 Å². The predicted molar refractivity (Wildman–Crippen MR) is 108 cm³/mol. The SMILES string of the molecule is COc1ccc(-c2ccc(CCC(=O)NCC3COc4ccccc4O3)o2)cc1. The van der Waals surface area contributed by atoms with E-state index in [1.165, 1.54) is 0 Å². The maximum atomic E-state index is 12.2. The largest absolute Gasteiger partial charge is 0.497 e. The fourth-order valence-corrected chi connectivity index (χ4v) is 3.14. The van der Waals surface area contributed by atoms with Gasteiger partial charge in [0.25, 0.3) is 0 Å². The van der Waals surface area contributed by atoms with E-state index in [-0.39, 0.29) is 12.0 Å². The third kappa shape index (κ3) is 4.71. The fourth-order valence-electron chi connectivity index (χ4n) is 3.14. The van der Waals surface area contributed by atoms with Gasteiger partial charge in [-0.05, 0) is 48.5 Å². The highest BCUT2D eigenvalue weighted by atomic mass is 16.6. The minimum atomic E-state index is -0.195. The Balaban J connectivity index is 1.23. The quantitative estimate of drug-likeness (QED) is 0.660. The lowest BCUT2D eigenvalue weighted by Gasteiger charge is -2.26. The summed E-state index contributed by atoms with van der Waals surface area (Å²) in [5.41, 5.74) is 0.969. The number of hydrogen-bond donors (Lipinski definition) is 1. The number of rotatable bonds is 7. The predicted octanol–water partition coefficient (Wildman–Crippen LogP) is 3.84. The molecule has 6 heteroatoms. The van der Waals surface area contributed by atoms with Crippen LogP contribution in [-0.4, -0.2) is 32.3 Å². The number of amides is 1. The first-order valence-electron chi connectivity index (χ1n) is 9.59. The standard InChI is InChI=1S/C23H23NO5/c1-26-17-8-6-16(7-9-17)20-12-10-18(28-20)11-13-23(25)24-14-19-15-27-21-4-2-3-5-22(21)29-19/h2-10,12,19H,11,13-15H2,1H3,(H,24,25). The van der Waals surface area contributed by atoms with Crippen LogP contribution in [0.1, 0.15) is 12.2 Å². The summed E-state index contributed by atoms with van der Waals surface area (Å²) >= 11 is 0. The van der Waals surface area contributed by atoms with Crippen LogP contribution in [0.25, 0.3) is 11.3 Å². The molecule has 2 aromatic carbocycles. The number of carbonyl (C=O) groups is 1. The number of methoxy groups -OCH3 is 1. The molecule has 1 aromatic heterocycles. The van der Waals surface area contributed by atoms with Crippen molar-refractivity contribution in [3.05, 3.63) is 66.4 Å². The Morgan fingerprint density at radius 2 is 1.86 bits per heavy atom. The Morgan fingerprint density at radius 3 is 2.66 bits per heavy atom. The molecule has 0 fully saturated rings. The summed E-state index contributed by atoms with van der Waals surface area (Å²) in [6, 6.07) is 19.0. The number of carbonyl (C=O) groups excluding carboxylic acids is 1. The molecule has 1 aliphatic heterocycles. The zero-order valence-electron chi connectivity index (χ0n) is 16.2. The summed E-state index contributed by atoms with van der Waals surface area (Å²) in [6.45, 7) is 0.823. The lowest BCUT2D eigenvalue weighted by Crippen LogP contribution is -2.40. The lowest BCUT2D eigenvalue weighted by atomic mass is 10.2. The van der Waals surface area contributed by atoms with Gasteiger partial charge in [0.15, 0.2) is 11.5 Å². The monoisotopic (exact) mass is 393 g/mol. The first-order chi connectivity index (χ1) is 14.2. The highest BCUT2D eigenvalue weighted by molar-refractivity contribution is 5.76. The van der Waals surface area contributed by atoms with Gasteiger partial charge < -0.3 is 23.9 Å². The Labute approximate surface area is 169 Å². The Kier molecular flexibility index (Phi) is 5.70. The number of hydrogen-bond acceptors (Lipinski definition) is 5. The second-order valence-corrected chi connectivity index (χ2v) is 6.80. The highest BCUT2D eigenvalue weighted by Crippen LogP contribution is 2.30. The van der Waals surface area contributed by atoms with E-state index >= 15 is 0 Å². The molecular weight excluding hydrogens is 370 g/mol. The molecule has 1 amide bonds. The Bertz CT molecular complexity index is 963. The molecule has 4 rings (SSSR count). The lowest BCUT2D eigenvalue weighted by molar-refractivity contribution is -0.121. The normalized spacial score (nSPS) is 15.0. The van der Waals surface area contributed by atoms with Gasteiger partial charge in [-0.1, -0.05) is 12.1 Å². The summed E-state index contributed by atoms with van der Waals surface area (Å²) in [6.07, 6.45) is 0.686. The molecule has 3 aromatic rings. The molecule has 0 saturated heterocycles. The van der Waals surface area contributed by atoms with E-state index in [4.69, 9.17) is 18.6 Å². The number of para-hydroxylation sites is 2. The zero-order valence-corrected chi connectivity index (χ0v) is 16.2. The Hall–Kier alpha value is -3.41. The van der Waals surface area contributed by atoms with Gasteiger partial charge in [0.2, 0.25) is 5.91 Å². The van der Waals surface area contributed by atoms with E-state index in [0.29, 0.717) is 31.7 Å². The highest BCUT2D eigenvalue weighted by Gasteiger charge is 2.21. The first-order valence-corrected chi connectivity index (χ1v) is 9.59. The maximum absolute atomic E-state index is 12.2. The van der Waals surface area contributed by atoms with Crippen LogP contribution in [0.5, 0.6) is 17.2 Å². The van der Waals surface area contributed by atoms with Crippen LogP contribution in [0.2, 0.25) is 0 Å². The van der Waals surface area contributed by atoms with Crippen LogP contribution in [0.15, 0.2) is 65.1 Å². The van der Waals surface area contributed by atoms with Crippen molar-refractivity contribution >= 4 is 5.91 Å². The van der Waals surface area contributed by atoms with Crippen LogP contribution in [0, 0.1) is 0 Å². The van der Waals surface area contributed by atoms with Gasteiger partial charge >= 0.3 is 0 Å². The number of furan rings is 1. The van der Waals surface area contributed by atoms with Crippen molar-refractivity contribution in [1.82, 2.24) is 5.32 Å². The smallest absolute Gasteiger partial charge is 0.220 e. The molecule has 29 heavy (non-hydrogen) atoms. The summed E-state index contributed by atoms with van der Waals surface area (Å²) in [4.78, 5) is 12.2. The van der Waals surface area contributed by atoms with E-state index in [1.54, 1.807) is 7.11 Å². The van der Waals surface area contributed by atoms with Gasteiger partial charge in [-0.3, -0.25) is 4.79 Å². The molecule has 0 radical (unpaired) electrons. The Morgan fingerprint density at radius 1 is 1.07 bits per heavy atom. The summed E-state index contributed by atoms with van der Waals surface area (Å²) < 4.78 is 22.5. The van der Waals surface area contributed by atoms with Crippen molar-refractivity contribution in [2.24, 2.45) is 0 Å². The van der Waals surface area contributed by atoms with Crippen molar-refractivity contribution in [1.29, 1.82) is 0 Å². The van der Waals surface area contributed by atoms with E-state index in [0.717, 1.165) is 28.6 Å². The molecule has 0 spiro atoms. The van der Waals surface area contributed by atoms with Crippen molar-refractivity contribution in [3.8, 4) is 28.6 Å². The number of ether oxygens (including phenoxy) is 3. The van der Waals surface area contributed by atoms with Crippen LogP contribution < -0.4 is 19.5 Å². The van der Waals surface area contributed by atoms with Crippen LogP contribution in [-0.2, 0) is 11.2 Å². The topological polar surface area (TPSA) is 69.9 Å². The van der Waals surface area contributed by atoms with Crippen molar-refractivity contribution in [2.75, 3.05) is 20.3 Å². The number of aryl methyl sites for hydroxylation is 1. The molecule has 2 heterocycles. The first kappa shape index (κ1) is 18.9. The average molecular weight is 393 g/mol. The van der Waals surface area contributed by atoms with Gasteiger partial charge in [-0.25, -0.2) is 0 Å². The average Bonchev–Trinajstić information content (AvgIpc) is 3.25. The molecule has 1 aliphatic rings. The van der Waals surface area contributed by atoms with Gasteiger partial charge in [0.1, 0.15) is 30.0 Å². The van der Waals surface area contributed by atoms with Crippen LogP contribution in [0.3, 0.4) is 0 Å². The van der Waals surface area contributed by atoms with E-state index in [2.05, 4.69) is 5.32 Å². The van der Waals surface area contributed by atoms with Crippen molar-refractivity contribution < 1.29 is 23.4 Å². The van der Waals surface area contributed by atoms with Crippen molar-refractivity contribution in [3.63, 3.8) is 0 Å². The van der Waals surface area contributed by atoms with E-state index in [1.807, 2.05) is 60.7 Å². The third-order valence-electron chi connectivity index (χ3n) is 4.73. The molecule has 0 aliphatic carbocycles. The molecule has 0 bridgehead atoms. The molecule has 6 nitrogen and oxygen atoms in total. The van der Waals surface area contributed by atoms with Crippen LogP contribution in [0.4, 0.5) is 0 Å². The second-order valence-electron chi connectivity index (χ2n) is 6.80. The second kappa shape index (κ2) is 8.73. The molecule has 1 atom stereocenters. The molecule has 1 unspecified atom stereocenters. The van der Waals surface area contributed by atoms with Crippen LogP contribution >= 0.6 is 0 Å². The summed E-state index contributed by atoms with van der Waals surface area (Å²) in [7, 11) is 1.64. The number of nitrogens with one attached hydrogen (secondary N) is 1. The summed E-state index contributed by atoms with van der Waals surface area (Å²) in [5, 5.41) is 2.91.